The molecule has 1 aromatic rings. The Kier molecular flexibility index (Phi) is 5.09. The summed E-state index contributed by atoms with van der Waals surface area (Å²) in [6.07, 6.45) is 2.10. The summed E-state index contributed by atoms with van der Waals surface area (Å²) >= 11 is 0. The van der Waals surface area contributed by atoms with Crippen LogP contribution in [0.3, 0.4) is 0 Å². The number of nitrogens with zero attached hydrogens (tertiary/aromatic N) is 1. The van der Waals surface area contributed by atoms with Crippen molar-refractivity contribution >= 4 is 5.69 Å². The molecule has 1 aliphatic rings. The third-order valence-electron chi connectivity index (χ3n) is 4.52. The van der Waals surface area contributed by atoms with E-state index < -0.39 is 0 Å². The Bertz CT molecular complexity index is 480. The second-order valence-electron chi connectivity index (χ2n) is 6.03. The molecule has 0 aliphatic carbocycles. The molecule has 118 valence electrons. The maximum atomic E-state index is 14.1. The molecule has 0 amide bonds. The van der Waals surface area contributed by atoms with Crippen LogP contribution in [0.15, 0.2) is 18.2 Å². The average Bonchev–Trinajstić information content (AvgIpc) is 2.49. The van der Waals surface area contributed by atoms with Gasteiger partial charge >= 0.3 is 0 Å². The van der Waals surface area contributed by atoms with Gasteiger partial charge in [-0.25, -0.2) is 4.39 Å². The van der Waals surface area contributed by atoms with Gasteiger partial charge in [0.2, 0.25) is 0 Å². The first-order valence-corrected chi connectivity index (χ1v) is 7.97. The summed E-state index contributed by atoms with van der Waals surface area (Å²) < 4.78 is 19.4. The van der Waals surface area contributed by atoms with Gasteiger partial charge in [0.15, 0.2) is 11.6 Å². The summed E-state index contributed by atoms with van der Waals surface area (Å²) in [7, 11) is 0. The summed E-state index contributed by atoms with van der Waals surface area (Å²) in [5.74, 6) is 0.0589. The fraction of sp³-hybridized carbons (Fsp3) is 0.647. The van der Waals surface area contributed by atoms with E-state index in [1.54, 1.807) is 12.1 Å². The Balaban J connectivity index is 2.26. The topological polar surface area (TPSA) is 24.5 Å². The molecule has 0 bridgehead atoms. The highest BCUT2D eigenvalue weighted by molar-refractivity contribution is 5.52. The molecular weight excluding hydrogens is 267 g/mol. The Morgan fingerprint density at radius 2 is 2.14 bits per heavy atom. The first-order valence-electron chi connectivity index (χ1n) is 7.97. The van der Waals surface area contributed by atoms with E-state index in [0.29, 0.717) is 18.4 Å². The first kappa shape index (κ1) is 16.1. The van der Waals surface area contributed by atoms with Crippen LogP contribution in [0.4, 0.5) is 10.1 Å². The van der Waals surface area contributed by atoms with Crippen molar-refractivity contribution in [2.75, 3.05) is 24.6 Å². The van der Waals surface area contributed by atoms with E-state index in [2.05, 4.69) is 31.0 Å². The molecule has 0 saturated carbocycles. The molecular formula is C17H27FN2O. The fourth-order valence-electron chi connectivity index (χ4n) is 2.88. The van der Waals surface area contributed by atoms with Crippen molar-refractivity contribution in [3.8, 4) is 5.75 Å². The third-order valence-corrected chi connectivity index (χ3v) is 4.52. The quantitative estimate of drug-likeness (QED) is 0.898. The number of rotatable bonds is 5. The van der Waals surface area contributed by atoms with Crippen molar-refractivity contribution in [1.82, 2.24) is 5.32 Å². The zero-order valence-electron chi connectivity index (χ0n) is 13.6. The summed E-state index contributed by atoms with van der Waals surface area (Å²) in [6.45, 7) is 10.8. The van der Waals surface area contributed by atoms with Gasteiger partial charge in [0.1, 0.15) is 0 Å². The average molecular weight is 294 g/mol. The molecule has 1 N–H and O–H groups in total. The molecule has 1 aliphatic heterocycles. The summed E-state index contributed by atoms with van der Waals surface area (Å²) in [6, 6.07) is 5.72. The normalized spacial score (nSPS) is 26.0. The summed E-state index contributed by atoms with van der Waals surface area (Å²) in [5, 5.41) is 3.63. The monoisotopic (exact) mass is 294 g/mol. The van der Waals surface area contributed by atoms with Crippen molar-refractivity contribution < 1.29 is 9.13 Å². The van der Waals surface area contributed by atoms with Gasteiger partial charge in [-0.05, 0) is 38.8 Å². The number of halogens is 1. The van der Waals surface area contributed by atoms with E-state index >= 15 is 0 Å². The van der Waals surface area contributed by atoms with Gasteiger partial charge in [-0.1, -0.05) is 13.8 Å². The van der Waals surface area contributed by atoms with E-state index in [1.165, 1.54) is 0 Å². The minimum atomic E-state index is -0.277. The minimum absolute atomic E-state index is 0.0841. The van der Waals surface area contributed by atoms with Gasteiger partial charge < -0.3 is 15.0 Å². The van der Waals surface area contributed by atoms with Crippen LogP contribution in [0.5, 0.6) is 5.75 Å². The first-order chi connectivity index (χ1) is 10.0. The molecule has 1 saturated heterocycles. The van der Waals surface area contributed by atoms with Crippen LogP contribution in [0.2, 0.25) is 0 Å². The highest BCUT2D eigenvalue weighted by Crippen LogP contribution is 2.29. The largest absolute Gasteiger partial charge is 0.491 e. The number of hydrogen-bond donors (Lipinski definition) is 1. The lowest BCUT2D eigenvalue weighted by Crippen LogP contribution is -2.62. The SMILES string of the molecule is CCOc1ccc(N2CC(C)(CC)NCC2CC)cc1F. The lowest BCUT2D eigenvalue weighted by atomic mass is 9.92. The predicted molar refractivity (Wildman–Crippen MR) is 85.7 cm³/mol. The second kappa shape index (κ2) is 6.65. The van der Waals surface area contributed by atoms with Crippen molar-refractivity contribution in [2.45, 2.75) is 52.1 Å². The number of piperazine rings is 1. The van der Waals surface area contributed by atoms with E-state index in [0.717, 1.165) is 31.6 Å². The molecule has 2 unspecified atom stereocenters. The van der Waals surface area contributed by atoms with Gasteiger partial charge in [0, 0.05) is 36.4 Å². The lowest BCUT2D eigenvalue weighted by molar-refractivity contribution is 0.275. The van der Waals surface area contributed by atoms with Crippen LogP contribution >= 0.6 is 0 Å². The molecule has 0 spiro atoms. The fourth-order valence-corrected chi connectivity index (χ4v) is 2.88. The van der Waals surface area contributed by atoms with Gasteiger partial charge in [0.25, 0.3) is 0 Å². The highest BCUT2D eigenvalue weighted by atomic mass is 19.1. The number of ether oxygens (including phenoxy) is 1. The molecule has 4 heteroatoms. The van der Waals surface area contributed by atoms with Crippen LogP contribution in [0.25, 0.3) is 0 Å². The van der Waals surface area contributed by atoms with Crippen LogP contribution < -0.4 is 15.0 Å². The standard InChI is InChI=1S/C17H27FN2O/c1-5-13-11-19-17(4,6-2)12-20(13)14-8-9-16(21-7-3)15(18)10-14/h8-10,13,19H,5-7,11-12H2,1-4H3. The molecule has 21 heavy (non-hydrogen) atoms. The Hall–Kier alpha value is -1.29. The van der Waals surface area contributed by atoms with Crippen molar-refractivity contribution in [2.24, 2.45) is 0 Å². The number of hydrogen-bond acceptors (Lipinski definition) is 3. The molecule has 3 nitrogen and oxygen atoms in total. The van der Waals surface area contributed by atoms with Gasteiger partial charge in [-0.15, -0.1) is 0 Å². The van der Waals surface area contributed by atoms with E-state index in [-0.39, 0.29) is 11.4 Å². The van der Waals surface area contributed by atoms with Gasteiger partial charge in [-0.2, -0.15) is 0 Å². The third kappa shape index (κ3) is 3.49. The molecule has 1 heterocycles. The van der Waals surface area contributed by atoms with Crippen molar-refractivity contribution in [1.29, 1.82) is 0 Å². The van der Waals surface area contributed by atoms with Crippen molar-refractivity contribution in [3.05, 3.63) is 24.0 Å². The van der Waals surface area contributed by atoms with Crippen LogP contribution in [-0.2, 0) is 0 Å². The van der Waals surface area contributed by atoms with Crippen LogP contribution in [-0.4, -0.2) is 31.3 Å². The number of nitrogens with one attached hydrogen (secondary N) is 1. The molecule has 1 fully saturated rings. The van der Waals surface area contributed by atoms with E-state index in [4.69, 9.17) is 4.74 Å². The van der Waals surface area contributed by atoms with Gasteiger partial charge in [0.05, 0.1) is 6.61 Å². The van der Waals surface area contributed by atoms with Crippen LogP contribution in [0.1, 0.15) is 40.5 Å². The highest BCUT2D eigenvalue weighted by Gasteiger charge is 2.34. The zero-order valence-corrected chi connectivity index (χ0v) is 13.6. The number of anilines is 1. The van der Waals surface area contributed by atoms with E-state index in [1.807, 2.05) is 13.0 Å². The molecule has 2 atom stereocenters. The lowest BCUT2D eigenvalue weighted by Gasteiger charge is -2.47. The zero-order chi connectivity index (χ0) is 15.5. The second-order valence-corrected chi connectivity index (χ2v) is 6.03. The predicted octanol–water partition coefficient (Wildman–Crippen LogP) is 3.58. The maximum absolute atomic E-state index is 14.1. The van der Waals surface area contributed by atoms with Gasteiger partial charge in [-0.3, -0.25) is 0 Å². The number of benzene rings is 1. The van der Waals surface area contributed by atoms with Crippen LogP contribution in [0, 0.1) is 5.82 Å². The molecule has 1 aromatic carbocycles. The van der Waals surface area contributed by atoms with E-state index in [9.17, 15) is 4.39 Å². The Morgan fingerprint density at radius 3 is 2.71 bits per heavy atom. The smallest absolute Gasteiger partial charge is 0.167 e. The summed E-state index contributed by atoms with van der Waals surface area (Å²) in [5.41, 5.74) is 1.03. The maximum Gasteiger partial charge on any atom is 0.167 e. The Labute approximate surface area is 127 Å². The molecule has 0 aromatic heterocycles. The summed E-state index contributed by atoms with van der Waals surface area (Å²) in [4.78, 5) is 2.33. The molecule has 0 radical (unpaired) electrons. The minimum Gasteiger partial charge on any atom is -0.491 e. The van der Waals surface area contributed by atoms with Crippen molar-refractivity contribution in [3.63, 3.8) is 0 Å². The Morgan fingerprint density at radius 1 is 1.38 bits per heavy atom. The molecule has 2 rings (SSSR count).